The third-order valence-electron chi connectivity index (χ3n) is 4.29. The molecule has 6 heteroatoms. The molecule has 1 saturated carbocycles. The van der Waals surface area contributed by atoms with Crippen LogP contribution in [0.25, 0.3) is 11.4 Å². The summed E-state index contributed by atoms with van der Waals surface area (Å²) in [4.78, 5) is 17.2. The van der Waals surface area contributed by atoms with E-state index in [0.29, 0.717) is 18.0 Å². The van der Waals surface area contributed by atoms with Gasteiger partial charge in [-0.15, -0.1) is 0 Å². The summed E-state index contributed by atoms with van der Waals surface area (Å²) in [6, 6.07) is 2.90. The fourth-order valence-corrected chi connectivity index (χ4v) is 3.13. The maximum absolute atomic E-state index is 4.55. The van der Waals surface area contributed by atoms with E-state index in [2.05, 4.69) is 30.6 Å². The quantitative estimate of drug-likeness (QED) is 0.888. The maximum atomic E-state index is 4.55. The fraction of sp³-hybridized carbons (Fsp3) is 0.467. The highest BCUT2D eigenvalue weighted by atomic mass is 15.2. The van der Waals surface area contributed by atoms with Crippen LogP contribution in [0, 0.1) is 5.92 Å². The average molecular weight is 282 g/mol. The first-order chi connectivity index (χ1) is 10.4. The first kappa shape index (κ1) is 12.6. The van der Waals surface area contributed by atoms with Crippen molar-refractivity contribution < 1.29 is 0 Å². The standard InChI is InChI=1S/C15H18N6/c1-2-5-18-13-10(3-1)14(13)21-15-19-6-4-11(20-15)12-9-16-7-8-17-12/h4,6-10,13-14,18H,1-3,5H2,(H,19,20,21). The molecule has 0 aromatic carbocycles. The van der Waals surface area contributed by atoms with Gasteiger partial charge in [0.05, 0.1) is 11.9 Å². The Hall–Kier alpha value is -2.08. The zero-order chi connectivity index (χ0) is 14.1. The predicted molar refractivity (Wildman–Crippen MR) is 79.6 cm³/mol. The van der Waals surface area contributed by atoms with E-state index in [1.54, 1.807) is 24.8 Å². The van der Waals surface area contributed by atoms with Crippen molar-refractivity contribution in [1.29, 1.82) is 0 Å². The first-order valence-electron chi connectivity index (χ1n) is 7.51. The van der Waals surface area contributed by atoms with Crippen LogP contribution in [0.4, 0.5) is 5.95 Å². The summed E-state index contributed by atoms with van der Waals surface area (Å²) < 4.78 is 0. The highest BCUT2D eigenvalue weighted by molar-refractivity contribution is 5.54. The lowest BCUT2D eigenvalue weighted by Gasteiger charge is -2.07. The van der Waals surface area contributed by atoms with Gasteiger partial charge in [-0.1, -0.05) is 6.42 Å². The van der Waals surface area contributed by atoms with E-state index in [1.165, 1.54) is 19.3 Å². The van der Waals surface area contributed by atoms with Crippen molar-refractivity contribution in [2.75, 3.05) is 11.9 Å². The molecule has 1 aliphatic heterocycles. The molecule has 1 aliphatic carbocycles. The Bertz CT molecular complexity index is 605. The van der Waals surface area contributed by atoms with Gasteiger partial charge in [-0.2, -0.15) is 0 Å². The van der Waals surface area contributed by atoms with Gasteiger partial charge in [0.2, 0.25) is 5.95 Å². The summed E-state index contributed by atoms with van der Waals surface area (Å²) in [7, 11) is 0. The van der Waals surface area contributed by atoms with Crippen molar-refractivity contribution in [2.45, 2.75) is 31.3 Å². The highest BCUT2D eigenvalue weighted by Crippen LogP contribution is 2.39. The second kappa shape index (κ2) is 5.37. The molecular weight excluding hydrogens is 264 g/mol. The van der Waals surface area contributed by atoms with Gasteiger partial charge >= 0.3 is 0 Å². The predicted octanol–water partition coefficient (Wildman–Crippen LogP) is 1.49. The Balaban J connectivity index is 1.49. The lowest BCUT2D eigenvalue weighted by molar-refractivity contribution is 0.638. The average Bonchev–Trinajstić information content (AvgIpc) is 3.24. The summed E-state index contributed by atoms with van der Waals surface area (Å²) in [5.41, 5.74) is 1.57. The number of nitrogens with zero attached hydrogens (tertiary/aromatic N) is 4. The normalized spacial score (nSPS) is 27.5. The maximum Gasteiger partial charge on any atom is 0.223 e. The van der Waals surface area contributed by atoms with Crippen molar-refractivity contribution >= 4 is 5.95 Å². The molecule has 4 rings (SSSR count). The summed E-state index contributed by atoms with van der Waals surface area (Å²) in [5, 5.41) is 7.06. The van der Waals surface area contributed by atoms with Crippen molar-refractivity contribution in [3.05, 3.63) is 30.9 Å². The molecule has 3 atom stereocenters. The monoisotopic (exact) mass is 282 g/mol. The summed E-state index contributed by atoms with van der Waals surface area (Å²) in [6.45, 7) is 1.12. The molecular formula is C15H18N6. The van der Waals surface area contributed by atoms with Crippen LogP contribution in [-0.2, 0) is 0 Å². The molecule has 0 bridgehead atoms. The van der Waals surface area contributed by atoms with E-state index >= 15 is 0 Å². The molecule has 3 heterocycles. The Morgan fingerprint density at radius 3 is 3.00 bits per heavy atom. The van der Waals surface area contributed by atoms with Crippen LogP contribution in [0.5, 0.6) is 0 Å². The van der Waals surface area contributed by atoms with Crippen LogP contribution < -0.4 is 10.6 Å². The van der Waals surface area contributed by atoms with Crippen LogP contribution in [0.3, 0.4) is 0 Å². The van der Waals surface area contributed by atoms with Crippen LogP contribution in [0.1, 0.15) is 19.3 Å². The first-order valence-corrected chi connectivity index (χ1v) is 7.51. The van der Waals surface area contributed by atoms with Gasteiger partial charge in [-0.25, -0.2) is 9.97 Å². The van der Waals surface area contributed by atoms with Gasteiger partial charge in [0.15, 0.2) is 0 Å². The van der Waals surface area contributed by atoms with Gasteiger partial charge in [0, 0.05) is 30.7 Å². The van der Waals surface area contributed by atoms with Crippen molar-refractivity contribution in [3.63, 3.8) is 0 Å². The second-order valence-electron chi connectivity index (χ2n) is 5.67. The van der Waals surface area contributed by atoms with E-state index in [4.69, 9.17) is 0 Å². The van der Waals surface area contributed by atoms with Gasteiger partial charge in [-0.3, -0.25) is 9.97 Å². The largest absolute Gasteiger partial charge is 0.350 e. The minimum Gasteiger partial charge on any atom is -0.350 e. The minimum atomic E-state index is 0.461. The molecule has 1 saturated heterocycles. The second-order valence-corrected chi connectivity index (χ2v) is 5.67. The third-order valence-corrected chi connectivity index (χ3v) is 4.29. The van der Waals surface area contributed by atoms with E-state index in [1.807, 2.05) is 6.07 Å². The molecule has 2 fully saturated rings. The van der Waals surface area contributed by atoms with Crippen molar-refractivity contribution in [1.82, 2.24) is 25.3 Å². The fourth-order valence-electron chi connectivity index (χ4n) is 3.13. The van der Waals surface area contributed by atoms with Crippen molar-refractivity contribution in [3.8, 4) is 11.4 Å². The van der Waals surface area contributed by atoms with Gasteiger partial charge in [-0.05, 0) is 31.4 Å². The van der Waals surface area contributed by atoms with Gasteiger partial charge < -0.3 is 10.6 Å². The van der Waals surface area contributed by atoms with E-state index in [9.17, 15) is 0 Å². The van der Waals surface area contributed by atoms with Gasteiger partial charge in [0.1, 0.15) is 5.69 Å². The molecule has 2 aliphatic rings. The molecule has 108 valence electrons. The van der Waals surface area contributed by atoms with Crippen molar-refractivity contribution in [2.24, 2.45) is 5.92 Å². The Morgan fingerprint density at radius 2 is 2.10 bits per heavy atom. The van der Waals surface area contributed by atoms with E-state index in [0.717, 1.165) is 23.9 Å². The Morgan fingerprint density at radius 1 is 1.10 bits per heavy atom. The Labute approximate surface area is 123 Å². The lowest BCUT2D eigenvalue weighted by atomic mass is 10.2. The summed E-state index contributed by atoms with van der Waals surface area (Å²) >= 11 is 0. The smallest absolute Gasteiger partial charge is 0.223 e. The molecule has 0 radical (unpaired) electrons. The molecule has 3 unspecified atom stereocenters. The van der Waals surface area contributed by atoms with E-state index in [-0.39, 0.29) is 0 Å². The topological polar surface area (TPSA) is 75.6 Å². The van der Waals surface area contributed by atoms with Crippen LogP contribution in [-0.4, -0.2) is 38.6 Å². The number of hydrogen-bond acceptors (Lipinski definition) is 6. The SMILES string of the molecule is c1cnc(-c2ccnc(NC3C4CCCCNC43)n2)cn1. The van der Waals surface area contributed by atoms with Crippen LogP contribution in [0.2, 0.25) is 0 Å². The molecule has 0 spiro atoms. The van der Waals surface area contributed by atoms with Crippen LogP contribution in [0.15, 0.2) is 30.9 Å². The third kappa shape index (κ3) is 2.58. The molecule has 21 heavy (non-hydrogen) atoms. The molecule has 2 aromatic heterocycles. The number of aromatic nitrogens is 4. The zero-order valence-corrected chi connectivity index (χ0v) is 11.7. The number of hydrogen-bond donors (Lipinski definition) is 2. The minimum absolute atomic E-state index is 0.461. The lowest BCUT2D eigenvalue weighted by Crippen LogP contribution is -2.23. The number of anilines is 1. The molecule has 2 aromatic rings. The number of rotatable bonds is 3. The van der Waals surface area contributed by atoms with Crippen LogP contribution >= 0.6 is 0 Å². The highest BCUT2D eigenvalue weighted by Gasteiger charge is 2.50. The number of nitrogens with one attached hydrogen (secondary N) is 2. The Kier molecular flexibility index (Phi) is 3.23. The molecule has 2 N–H and O–H groups in total. The zero-order valence-electron chi connectivity index (χ0n) is 11.7. The summed E-state index contributed by atoms with van der Waals surface area (Å²) in [6.07, 6.45) is 10.7. The summed E-state index contributed by atoms with van der Waals surface area (Å²) in [5.74, 6) is 1.40. The van der Waals surface area contributed by atoms with E-state index < -0.39 is 0 Å². The molecule has 0 amide bonds. The molecule has 6 nitrogen and oxygen atoms in total. The van der Waals surface area contributed by atoms with Gasteiger partial charge in [0.25, 0.3) is 0 Å². The number of fused-ring (bicyclic) bond motifs is 1.